The van der Waals surface area contributed by atoms with Crippen molar-refractivity contribution in [2.75, 3.05) is 19.3 Å². The lowest BCUT2D eigenvalue weighted by molar-refractivity contribution is -0.152. The molecule has 0 bridgehead atoms. The van der Waals surface area contributed by atoms with Gasteiger partial charge in [-0.1, -0.05) is 42.5 Å². The second-order valence-corrected chi connectivity index (χ2v) is 10.7. The van der Waals surface area contributed by atoms with Crippen molar-refractivity contribution in [3.05, 3.63) is 90.0 Å². The number of hydrogen-bond donors (Lipinski definition) is 1. The lowest BCUT2D eigenvalue weighted by Gasteiger charge is -2.22. The predicted octanol–water partition coefficient (Wildman–Crippen LogP) is 5.82. The molecule has 1 fully saturated rings. The van der Waals surface area contributed by atoms with Gasteiger partial charge in [0.2, 0.25) is 0 Å². The molecular weight excluding hydrogens is 502 g/mol. The van der Waals surface area contributed by atoms with Crippen LogP contribution < -0.4 is 9.47 Å². The summed E-state index contributed by atoms with van der Waals surface area (Å²) in [5, 5.41) is 9.31. The number of thioether (sulfide) groups is 1. The second kappa shape index (κ2) is 11.7. The molecular formula is C30H31NO6S. The van der Waals surface area contributed by atoms with Gasteiger partial charge in [-0.2, -0.15) is 0 Å². The Morgan fingerprint density at radius 2 is 1.58 bits per heavy atom. The summed E-state index contributed by atoms with van der Waals surface area (Å²) < 4.78 is 11.2. The van der Waals surface area contributed by atoms with Gasteiger partial charge in [0.15, 0.2) is 11.4 Å². The Bertz CT molecular complexity index is 1270. The number of nitrogens with zero attached hydrogens (tertiary/aromatic N) is 1. The van der Waals surface area contributed by atoms with E-state index in [1.165, 1.54) is 13.8 Å². The topological polar surface area (TPSA) is 93.1 Å². The highest BCUT2D eigenvalue weighted by Crippen LogP contribution is 2.32. The van der Waals surface area contributed by atoms with Crippen molar-refractivity contribution in [1.29, 1.82) is 0 Å². The third-order valence-corrected chi connectivity index (χ3v) is 7.41. The van der Waals surface area contributed by atoms with E-state index in [1.807, 2.05) is 48.7 Å². The maximum absolute atomic E-state index is 13.6. The molecule has 7 nitrogen and oxygen atoms in total. The Balaban J connectivity index is 1.52. The quantitative estimate of drug-likeness (QED) is 0.274. The van der Waals surface area contributed by atoms with Crippen LogP contribution in [0.4, 0.5) is 4.79 Å². The third-order valence-electron chi connectivity index (χ3n) is 6.67. The van der Waals surface area contributed by atoms with Gasteiger partial charge in [0, 0.05) is 29.5 Å². The van der Waals surface area contributed by atoms with Crippen molar-refractivity contribution in [2.24, 2.45) is 11.8 Å². The van der Waals surface area contributed by atoms with Crippen molar-refractivity contribution in [1.82, 2.24) is 4.90 Å². The summed E-state index contributed by atoms with van der Waals surface area (Å²) in [6.07, 6.45) is 2.07. The fraction of sp³-hybridized carbons (Fsp3) is 0.300. The molecule has 3 aromatic carbocycles. The summed E-state index contributed by atoms with van der Waals surface area (Å²) in [4.78, 5) is 40.6. The van der Waals surface area contributed by atoms with Gasteiger partial charge in [-0.3, -0.25) is 4.79 Å². The first-order chi connectivity index (χ1) is 18.2. The Labute approximate surface area is 226 Å². The molecule has 3 aromatic rings. The minimum absolute atomic E-state index is 0.000764. The fourth-order valence-electron chi connectivity index (χ4n) is 4.48. The van der Waals surface area contributed by atoms with Crippen LogP contribution in [0.3, 0.4) is 0 Å². The molecule has 1 aliphatic heterocycles. The van der Waals surface area contributed by atoms with Crippen molar-refractivity contribution in [3.8, 4) is 11.5 Å². The summed E-state index contributed by atoms with van der Waals surface area (Å²) in [5.74, 6) is -0.658. The van der Waals surface area contributed by atoms with Crippen LogP contribution in [0.2, 0.25) is 0 Å². The van der Waals surface area contributed by atoms with Crippen LogP contribution in [0.5, 0.6) is 11.5 Å². The number of amides is 1. The van der Waals surface area contributed by atoms with E-state index in [0.717, 1.165) is 10.5 Å². The van der Waals surface area contributed by atoms with Gasteiger partial charge in [-0.05, 0) is 74.4 Å². The van der Waals surface area contributed by atoms with E-state index in [2.05, 4.69) is 0 Å². The molecule has 0 aliphatic carbocycles. The fourth-order valence-corrected chi connectivity index (χ4v) is 4.89. The molecule has 1 N–H and O–H groups in total. The predicted molar refractivity (Wildman–Crippen MR) is 146 cm³/mol. The molecule has 0 aromatic heterocycles. The number of benzene rings is 3. The molecule has 0 radical (unpaired) electrons. The smallest absolute Gasteiger partial charge is 0.415 e. The van der Waals surface area contributed by atoms with E-state index in [0.29, 0.717) is 30.0 Å². The maximum Gasteiger partial charge on any atom is 0.415 e. The molecule has 4 rings (SSSR count). The minimum Gasteiger partial charge on any atom is -0.478 e. The van der Waals surface area contributed by atoms with E-state index >= 15 is 0 Å². The van der Waals surface area contributed by atoms with Crippen molar-refractivity contribution in [2.45, 2.75) is 30.8 Å². The van der Waals surface area contributed by atoms with Crippen LogP contribution in [0, 0.1) is 11.8 Å². The maximum atomic E-state index is 13.6. The van der Waals surface area contributed by atoms with Gasteiger partial charge in [0.25, 0.3) is 0 Å². The lowest BCUT2D eigenvalue weighted by atomic mass is 9.84. The number of ether oxygens (including phenoxy) is 2. The molecule has 0 saturated carbocycles. The monoisotopic (exact) mass is 533 g/mol. The number of carboxylic acids is 1. The van der Waals surface area contributed by atoms with E-state index < -0.39 is 17.7 Å². The Kier molecular flexibility index (Phi) is 8.42. The molecule has 1 saturated heterocycles. The zero-order valence-electron chi connectivity index (χ0n) is 21.6. The lowest BCUT2D eigenvalue weighted by Crippen LogP contribution is -2.37. The van der Waals surface area contributed by atoms with Crippen LogP contribution in [-0.2, 0) is 11.2 Å². The van der Waals surface area contributed by atoms with Gasteiger partial charge in [-0.15, -0.1) is 11.8 Å². The largest absolute Gasteiger partial charge is 0.478 e. The first kappa shape index (κ1) is 27.3. The van der Waals surface area contributed by atoms with Crippen molar-refractivity contribution < 1.29 is 29.0 Å². The van der Waals surface area contributed by atoms with Crippen LogP contribution in [0.1, 0.15) is 29.8 Å². The Morgan fingerprint density at radius 1 is 0.921 bits per heavy atom. The summed E-state index contributed by atoms with van der Waals surface area (Å²) in [7, 11) is 0. The molecule has 198 valence electrons. The normalized spacial score (nSPS) is 17.2. The summed E-state index contributed by atoms with van der Waals surface area (Å²) in [6, 6.07) is 23.6. The van der Waals surface area contributed by atoms with Crippen LogP contribution in [0.25, 0.3) is 0 Å². The van der Waals surface area contributed by atoms with Crippen LogP contribution in [0.15, 0.2) is 83.8 Å². The standard InChI is InChI=1S/C30H31NO6S/c1-30(2,28(33)34)37-24-13-9-20(10-14-24)17-22-18-31(29(35)36-23-7-5-4-6-8-23)19-26(22)27(32)21-11-15-25(38-3)16-12-21/h4-16,22,26H,17-19H2,1-3H3,(H,33,34)/t22-,26-/m0/s1. The minimum atomic E-state index is -1.35. The van der Waals surface area contributed by atoms with Crippen LogP contribution >= 0.6 is 11.8 Å². The number of carbonyl (C=O) groups is 3. The number of carbonyl (C=O) groups excluding carboxylic acids is 2. The van der Waals surface area contributed by atoms with Gasteiger partial charge in [-0.25, -0.2) is 9.59 Å². The molecule has 0 spiro atoms. The van der Waals surface area contributed by atoms with Crippen molar-refractivity contribution >= 4 is 29.6 Å². The highest BCUT2D eigenvalue weighted by atomic mass is 32.2. The van der Waals surface area contributed by atoms with Gasteiger partial charge < -0.3 is 19.5 Å². The van der Waals surface area contributed by atoms with Crippen molar-refractivity contribution in [3.63, 3.8) is 0 Å². The van der Waals surface area contributed by atoms with E-state index in [4.69, 9.17) is 9.47 Å². The molecule has 38 heavy (non-hydrogen) atoms. The number of Topliss-reactive ketones (excluding diaryl/α,β-unsaturated/α-hetero) is 1. The molecule has 1 aliphatic rings. The number of ketones is 1. The number of likely N-dealkylation sites (tertiary alicyclic amines) is 1. The number of aliphatic carboxylic acids is 1. The molecule has 2 atom stereocenters. The zero-order valence-corrected chi connectivity index (χ0v) is 22.4. The first-order valence-electron chi connectivity index (χ1n) is 12.4. The van der Waals surface area contributed by atoms with Gasteiger partial charge in [0.1, 0.15) is 11.5 Å². The molecule has 1 heterocycles. The average molecular weight is 534 g/mol. The molecule has 0 unspecified atom stereocenters. The number of carboxylic acid groups (broad SMARTS) is 1. The zero-order chi connectivity index (χ0) is 27.3. The molecule has 1 amide bonds. The first-order valence-corrected chi connectivity index (χ1v) is 13.6. The third kappa shape index (κ3) is 6.55. The number of rotatable bonds is 9. The van der Waals surface area contributed by atoms with Gasteiger partial charge in [0.05, 0.1) is 0 Å². The number of para-hydroxylation sites is 1. The number of hydrogen-bond acceptors (Lipinski definition) is 6. The SMILES string of the molecule is CSc1ccc(C(=O)[C@H]2CN(C(=O)Oc3ccccc3)C[C@@H]2Cc2ccc(OC(C)(C)C(=O)O)cc2)cc1. The highest BCUT2D eigenvalue weighted by Gasteiger charge is 2.40. The Hall–Kier alpha value is -3.78. The average Bonchev–Trinajstić information content (AvgIpc) is 3.33. The summed E-state index contributed by atoms with van der Waals surface area (Å²) in [6.45, 7) is 3.64. The van der Waals surface area contributed by atoms with E-state index in [1.54, 1.807) is 53.1 Å². The Morgan fingerprint density at radius 3 is 2.18 bits per heavy atom. The molecule has 8 heteroatoms. The summed E-state index contributed by atoms with van der Waals surface area (Å²) in [5.41, 5.74) is 0.232. The summed E-state index contributed by atoms with van der Waals surface area (Å²) >= 11 is 1.61. The van der Waals surface area contributed by atoms with Gasteiger partial charge >= 0.3 is 12.1 Å². The second-order valence-electron chi connectivity index (χ2n) is 9.81. The van der Waals surface area contributed by atoms with E-state index in [9.17, 15) is 19.5 Å². The highest BCUT2D eigenvalue weighted by molar-refractivity contribution is 7.98. The van der Waals surface area contributed by atoms with E-state index in [-0.39, 0.29) is 24.2 Å². The van der Waals surface area contributed by atoms with Crippen LogP contribution in [-0.4, -0.2) is 52.8 Å².